The highest BCUT2D eigenvalue weighted by Gasteiger charge is 2.36. The van der Waals surface area contributed by atoms with E-state index in [1.54, 1.807) is 25.1 Å². The molecule has 0 radical (unpaired) electrons. The molecule has 1 aliphatic heterocycles. The van der Waals surface area contributed by atoms with E-state index < -0.39 is 22.5 Å². The Morgan fingerprint density at radius 1 is 1.21 bits per heavy atom. The van der Waals surface area contributed by atoms with Crippen LogP contribution in [0.3, 0.4) is 0 Å². The van der Waals surface area contributed by atoms with E-state index in [2.05, 4.69) is 22.5 Å². The minimum absolute atomic E-state index is 0.0994. The molecule has 1 aliphatic rings. The lowest BCUT2D eigenvalue weighted by molar-refractivity contribution is -0.385. The number of allylic oxidation sites excluding steroid dienone is 1. The van der Waals surface area contributed by atoms with Crippen molar-refractivity contribution in [2.45, 2.75) is 32.7 Å². The Morgan fingerprint density at radius 2 is 1.95 bits per heavy atom. The van der Waals surface area contributed by atoms with Gasteiger partial charge in [0.25, 0.3) is 11.2 Å². The number of halogens is 1. The Kier molecular flexibility index (Phi) is 10.2. The molecule has 43 heavy (non-hydrogen) atoms. The highest BCUT2D eigenvalue weighted by Crippen LogP contribution is 2.39. The third-order valence-electron chi connectivity index (χ3n) is 6.51. The van der Waals surface area contributed by atoms with Gasteiger partial charge in [-0.3, -0.25) is 19.5 Å². The third kappa shape index (κ3) is 6.42. The maximum absolute atomic E-state index is 14.2. The second kappa shape index (κ2) is 13.8. The summed E-state index contributed by atoms with van der Waals surface area (Å²) in [4.78, 5) is 43.9. The number of rotatable bonds is 12. The van der Waals surface area contributed by atoms with Gasteiger partial charge in [0.05, 0.1) is 47.6 Å². The molecule has 1 aromatic heterocycles. The van der Waals surface area contributed by atoms with Crippen LogP contribution in [0.15, 0.2) is 68.5 Å². The van der Waals surface area contributed by atoms with Crippen LogP contribution in [-0.2, 0) is 9.53 Å². The summed E-state index contributed by atoms with van der Waals surface area (Å²) < 4.78 is 24.7. The molecular formula is C30H30BrN3O8S. The van der Waals surface area contributed by atoms with Gasteiger partial charge in [0.2, 0.25) is 0 Å². The van der Waals surface area contributed by atoms with Crippen molar-refractivity contribution in [3.8, 4) is 17.2 Å². The molecule has 226 valence electrons. The lowest BCUT2D eigenvalue weighted by Gasteiger charge is -2.27. The van der Waals surface area contributed by atoms with Crippen LogP contribution in [0.2, 0.25) is 0 Å². The van der Waals surface area contributed by atoms with Crippen LogP contribution in [0.1, 0.15) is 43.9 Å². The number of non-ortho nitro benzene ring substituents is 1. The van der Waals surface area contributed by atoms with E-state index in [1.807, 2.05) is 6.92 Å². The number of hydrogen-bond acceptors (Lipinski definition) is 10. The van der Waals surface area contributed by atoms with Crippen LogP contribution in [0.5, 0.6) is 17.2 Å². The molecule has 0 unspecified atom stereocenters. The van der Waals surface area contributed by atoms with Gasteiger partial charge in [0.1, 0.15) is 18.4 Å². The Bertz CT molecular complexity index is 1790. The van der Waals surface area contributed by atoms with Gasteiger partial charge in [-0.1, -0.05) is 53.3 Å². The Balaban J connectivity index is 2.08. The number of nitrogens with zero attached hydrogens (tertiary/aromatic N) is 3. The number of ether oxygens (including phenoxy) is 4. The summed E-state index contributed by atoms with van der Waals surface area (Å²) in [5.41, 5.74) is 0.858. The minimum atomic E-state index is -0.914. The fraction of sp³-hybridized carbons (Fsp3) is 0.300. The largest absolute Gasteiger partial charge is 0.496 e. The number of esters is 1. The first-order valence-electron chi connectivity index (χ1n) is 13.3. The standard InChI is InChI=1S/C30H30BrN3O8S/c1-6-9-21-25(29(36)41-8-3)26(20-15-18(31)10-11-22(20)39-4)33-28(35)24(43-30(33)32-21)14-17-13-19(34(37)38)16-23(40-5)27(17)42-12-7-2/h7,10-11,13-16,26H,2,6,8-9,12H2,1,3-5H3/b24-14-/t26-/m0/s1. The van der Waals surface area contributed by atoms with Crippen molar-refractivity contribution in [1.82, 2.24) is 4.57 Å². The molecule has 2 heterocycles. The predicted molar refractivity (Wildman–Crippen MR) is 166 cm³/mol. The number of aromatic nitrogens is 1. The SMILES string of the molecule is C=CCOc1c(/C=c2\sc3n(c2=O)[C@@H](c2cc(Br)ccc2OC)C(C(=O)OCC)=C(CCC)N=3)cc([N+](=O)[O-])cc1OC. The van der Waals surface area contributed by atoms with Gasteiger partial charge in [0.15, 0.2) is 16.3 Å². The number of benzene rings is 2. The second-order valence-corrected chi connectivity index (χ2v) is 11.1. The van der Waals surface area contributed by atoms with Gasteiger partial charge in [0, 0.05) is 21.7 Å². The van der Waals surface area contributed by atoms with Crippen LogP contribution in [-0.4, -0.2) is 42.9 Å². The second-order valence-electron chi connectivity index (χ2n) is 9.22. The maximum atomic E-state index is 14.2. The highest BCUT2D eigenvalue weighted by atomic mass is 79.9. The lowest BCUT2D eigenvalue weighted by atomic mass is 9.93. The maximum Gasteiger partial charge on any atom is 0.338 e. The molecule has 0 bridgehead atoms. The normalized spacial score (nSPS) is 14.5. The number of nitro groups is 1. The van der Waals surface area contributed by atoms with Crippen molar-refractivity contribution < 1.29 is 28.7 Å². The van der Waals surface area contributed by atoms with Gasteiger partial charge in [-0.25, -0.2) is 9.79 Å². The fourth-order valence-corrected chi connectivity index (χ4v) is 6.13. The molecule has 11 nitrogen and oxygen atoms in total. The van der Waals surface area contributed by atoms with E-state index >= 15 is 0 Å². The van der Waals surface area contributed by atoms with E-state index in [4.69, 9.17) is 23.9 Å². The molecule has 2 aromatic carbocycles. The van der Waals surface area contributed by atoms with Gasteiger partial charge in [-0.05, 0) is 37.6 Å². The van der Waals surface area contributed by atoms with Gasteiger partial charge in [-0.15, -0.1) is 0 Å². The van der Waals surface area contributed by atoms with E-state index in [1.165, 1.54) is 43.1 Å². The topological polar surface area (TPSA) is 131 Å². The first-order valence-corrected chi connectivity index (χ1v) is 14.9. The van der Waals surface area contributed by atoms with Crippen LogP contribution >= 0.6 is 27.3 Å². The average Bonchev–Trinajstić information content (AvgIpc) is 3.29. The smallest absolute Gasteiger partial charge is 0.338 e. The summed E-state index contributed by atoms with van der Waals surface area (Å²) in [5.74, 6) is 0.218. The van der Waals surface area contributed by atoms with Gasteiger partial charge >= 0.3 is 5.97 Å². The number of hydrogen-bond donors (Lipinski definition) is 0. The Hall–Kier alpha value is -4.23. The van der Waals surface area contributed by atoms with Crippen molar-refractivity contribution in [3.05, 3.63) is 99.7 Å². The molecule has 0 aliphatic carbocycles. The first kappa shape index (κ1) is 31.7. The number of nitro benzene ring substituents is 1. The summed E-state index contributed by atoms with van der Waals surface area (Å²) in [6.45, 7) is 7.57. The van der Waals surface area contributed by atoms with E-state index in [0.717, 1.165) is 15.8 Å². The minimum Gasteiger partial charge on any atom is -0.496 e. The summed E-state index contributed by atoms with van der Waals surface area (Å²) in [7, 11) is 2.88. The van der Waals surface area contributed by atoms with Crippen molar-refractivity contribution in [3.63, 3.8) is 0 Å². The number of carbonyl (C=O) groups excluding carboxylic acids is 1. The van der Waals surface area contributed by atoms with E-state index in [0.29, 0.717) is 34.7 Å². The van der Waals surface area contributed by atoms with Crippen LogP contribution in [0.25, 0.3) is 6.08 Å². The number of thiazole rings is 1. The lowest BCUT2D eigenvalue weighted by Crippen LogP contribution is -2.40. The number of methoxy groups -OCH3 is 2. The molecule has 3 aromatic rings. The molecule has 0 amide bonds. The summed E-state index contributed by atoms with van der Waals surface area (Å²) in [6, 6.07) is 6.98. The zero-order chi connectivity index (χ0) is 31.3. The summed E-state index contributed by atoms with van der Waals surface area (Å²) in [6.07, 6.45) is 4.18. The molecular weight excluding hydrogens is 642 g/mol. The van der Waals surface area contributed by atoms with Crippen LogP contribution in [0, 0.1) is 10.1 Å². The van der Waals surface area contributed by atoms with Crippen molar-refractivity contribution >= 4 is 45.0 Å². The Morgan fingerprint density at radius 3 is 2.58 bits per heavy atom. The molecule has 4 rings (SSSR count). The van der Waals surface area contributed by atoms with Crippen molar-refractivity contribution in [2.75, 3.05) is 27.4 Å². The Labute approximate surface area is 259 Å². The molecule has 0 spiro atoms. The van der Waals surface area contributed by atoms with E-state index in [9.17, 15) is 19.7 Å². The molecule has 0 fully saturated rings. The van der Waals surface area contributed by atoms with Gasteiger partial charge < -0.3 is 18.9 Å². The van der Waals surface area contributed by atoms with Crippen LogP contribution < -0.4 is 29.1 Å². The first-order chi connectivity index (χ1) is 20.7. The monoisotopic (exact) mass is 671 g/mol. The highest BCUT2D eigenvalue weighted by molar-refractivity contribution is 9.10. The quantitative estimate of drug-likeness (QED) is 0.116. The van der Waals surface area contributed by atoms with Crippen LogP contribution in [0.4, 0.5) is 5.69 Å². The zero-order valence-corrected chi connectivity index (χ0v) is 26.5. The summed E-state index contributed by atoms with van der Waals surface area (Å²) >= 11 is 4.60. The van der Waals surface area contributed by atoms with Crippen molar-refractivity contribution in [1.29, 1.82) is 0 Å². The average molecular weight is 673 g/mol. The number of carbonyl (C=O) groups is 1. The molecule has 0 N–H and O–H groups in total. The van der Waals surface area contributed by atoms with Crippen molar-refractivity contribution in [2.24, 2.45) is 4.99 Å². The summed E-state index contributed by atoms with van der Waals surface area (Å²) in [5, 5.41) is 11.7. The number of fused-ring (bicyclic) bond motifs is 1. The predicted octanol–water partition coefficient (Wildman–Crippen LogP) is 4.83. The molecule has 0 saturated carbocycles. The molecule has 13 heteroatoms. The fourth-order valence-electron chi connectivity index (χ4n) is 4.74. The zero-order valence-electron chi connectivity index (χ0n) is 24.0. The molecule has 0 saturated heterocycles. The van der Waals surface area contributed by atoms with E-state index in [-0.39, 0.29) is 46.1 Å². The third-order valence-corrected chi connectivity index (χ3v) is 7.99. The molecule has 1 atom stereocenters. The van der Waals surface area contributed by atoms with Gasteiger partial charge in [-0.2, -0.15) is 0 Å².